The normalized spacial score (nSPS) is 20.4. The van der Waals surface area contributed by atoms with E-state index in [1.807, 2.05) is 104 Å². The Bertz CT molecular complexity index is 3400. The van der Waals surface area contributed by atoms with Crippen LogP contribution >= 0.6 is 0 Å². The molecule has 0 bridgehead atoms. The summed E-state index contributed by atoms with van der Waals surface area (Å²) in [5.41, 5.74) is 11.7. The van der Waals surface area contributed by atoms with Crippen LogP contribution in [0.3, 0.4) is 0 Å². The summed E-state index contributed by atoms with van der Waals surface area (Å²) in [6.45, 7) is 22.1. The summed E-state index contributed by atoms with van der Waals surface area (Å²) >= 11 is 0. The van der Waals surface area contributed by atoms with E-state index in [0.29, 0.717) is 59.2 Å². The molecule has 101 heavy (non-hydrogen) atoms. The maximum atomic E-state index is 13.4. The van der Waals surface area contributed by atoms with E-state index in [0.717, 1.165) is 136 Å². The van der Waals surface area contributed by atoms with Crippen molar-refractivity contribution in [2.75, 3.05) is 13.2 Å². The molecule has 11 heteroatoms. The molecule has 4 aliphatic carbocycles. The van der Waals surface area contributed by atoms with Crippen LogP contribution in [0.4, 0.5) is 0 Å². The van der Waals surface area contributed by atoms with Gasteiger partial charge in [-0.3, -0.25) is 9.59 Å². The Morgan fingerprint density at radius 3 is 1.33 bits per heavy atom. The first-order valence-corrected chi connectivity index (χ1v) is 37.9. The SMILES string of the molecule is C.C.CC(C)Cc1ccc(C(C)C(=O)O)cc1.CCCCC[C@@H](CC[C@@H]1[C@H]2Cc3cccc(OCC(=O)OCc4ccccc4)c3C[C@H]2C[C@H]1C)OC(=O)C(C)c1ccc(CC(C)C)cc1.CCCCC[C@H](O)CC[C@@H]1[C@H]2Cc3cccc(OCC(=O)OCc4ccccc4)c3C[C@H]2C[C@H]1C. The molecule has 0 aliphatic heterocycles. The Balaban J connectivity index is 0.000000268. The number of aliphatic hydroxyl groups is 1. The minimum Gasteiger partial charge on any atom is -0.482 e. The van der Waals surface area contributed by atoms with Crippen LogP contribution in [0, 0.1) is 59.2 Å². The zero-order valence-electron chi connectivity index (χ0n) is 61.5. The van der Waals surface area contributed by atoms with Crippen molar-refractivity contribution in [3.63, 3.8) is 0 Å². The van der Waals surface area contributed by atoms with Crippen molar-refractivity contribution in [1.82, 2.24) is 0 Å². The molecule has 12 atom stereocenters. The Hall–Kier alpha value is -7.24. The van der Waals surface area contributed by atoms with Gasteiger partial charge in [-0.1, -0.05) is 236 Å². The molecule has 0 spiro atoms. The lowest BCUT2D eigenvalue weighted by Gasteiger charge is -2.33. The number of unbranched alkanes of at least 4 members (excludes halogenated alkanes) is 4. The number of benzene rings is 6. The van der Waals surface area contributed by atoms with Gasteiger partial charge in [-0.25, -0.2) is 9.59 Å². The molecule has 2 N–H and O–H groups in total. The lowest BCUT2D eigenvalue weighted by molar-refractivity contribution is -0.151. The highest BCUT2D eigenvalue weighted by atomic mass is 16.6. The van der Waals surface area contributed by atoms with Crippen LogP contribution in [-0.4, -0.2) is 59.5 Å². The molecule has 0 saturated heterocycles. The molecule has 4 aliphatic rings. The molecule has 6 aromatic rings. The Morgan fingerprint density at radius 2 is 0.901 bits per heavy atom. The topological polar surface area (TPSA) is 155 Å². The van der Waals surface area contributed by atoms with Gasteiger partial charge in [0.25, 0.3) is 0 Å². The zero-order chi connectivity index (χ0) is 70.8. The summed E-state index contributed by atoms with van der Waals surface area (Å²) in [7, 11) is 0. The van der Waals surface area contributed by atoms with E-state index in [-0.39, 0.29) is 77.3 Å². The van der Waals surface area contributed by atoms with Crippen LogP contribution in [0.25, 0.3) is 0 Å². The zero-order valence-corrected chi connectivity index (χ0v) is 61.5. The number of hydrogen-bond donors (Lipinski definition) is 2. The molecule has 6 aromatic carbocycles. The van der Waals surface area contributed by atoms with Gasteiger partial charge < -0.3 is 33.9 Å². The Labute approximate surface area is 608 Å². The number of hydrogen-bond acceptors (Lipinski definition) is 10. The molecule has 0 amide bonds. The molecule has 0 radical (unpaired) electrons. The van der Waals surface area contributed by atoms with Gasteiger partial charge in [-0.05, 0) is 237 Å². The molecule has 2 fully saturated rings. The number of ether oxygens (including phenoxy) is 5. The maximum Gasteiger partial charge on any atom is 0.344 e. The number of aliphatic carboxylic acids is 1. The average Bonchev–Trinajstić information content (AvgIpc) is 1.58. The third kappa shape index (κ3) is 25.6. The number of fused-ring (bicyclic) bond motifs is 4. The fourth-order valence-electron chi connectivity index (χ4n) is 16.3. The summed E-state index contributed by atoms with van der Waals surface area (Å²) in [6, 6.07) is 48.4. The first-order valence-electron chi connectivity index (χ1n) is 37.9. The first kappa shape index (κ1) is 82.7. The van der Waals surface area contributed by atoms with Crippen molar-refractivity contribution in [1.29, 1.82) is 0 Å². The van der Waals surface area contributed by atoms with Crippen molar-refractivity contribution in [3.8, 4) is 11.5 Å². The van der Waals surface area contributed by atoms with E-state index in [2.05, 4.69) is 104 Å². The van der Waals surface area contributed by atoms with Crippen LogP contribution in [0.15, 0.2) is 146 Å². The summed E-state index contributed by atoms with van der Waals surface area (Å²) in [6.07, 6.45) is 21.4. The standard InChI is InChI=1S/C44H58O5.C31H42O4.C13H18O2.2CH4/c1-6-7-9-16-38(49-44(46)32(5)35-20-18-33(19-21-35)24-30(2)3)22-23-39-31(4)25-37-27-41-36(26-40(37)39)15-12-17-42(41)47-29-43(45)48-28-34-13-10-8-11-14-34;1-3-4-6-13-26(32)15-16-27-22(2)17-25-19-29-24(18-28(25)27)12-9-14-30(29)34-21-31(33)35-20-23-10-7-5-8-11-23;1-9(2)8-11-4-6-12(7-5-11)10(3)13(14)15;;/h8,10-15,17-21,30-32,37-40H,6-7,9,16,22-29H2,1-5H3;5,7-12,14,22,25-28,32H,3-4,6,13,15-21H2,1-2H3;4-7,9-10H,8H2,1-3H3,(H,14,15);2*1H4/t31-,32?,37-,38+,39+,40+;22-,25-,26+,27+,28+;;;/m11.../s1. The number of aliphatic hydroxyl groups excluding tert-OH is 1. The van der Waals surface area contributed by atoms with Crippen LogP contribution in [0.2, 0.25) is 0 Å². The van der Waals surface area contributed by atoms with Gasteiger partial charge >= 0.3 is 23.9 Å². The number of rotatable bonds is 33. The molecule has 10 rings (SSSR count). The molecule has 2 saturated carbocycles. The number of carbonyl (C=O) groups excluding carboxylic acids is 3. The molecule has 0 aromatic heterocycles. The summed E-state index contributed by atoms with van der Waals surface area (Å²) in [4.78, 5) is 48.9. The highest BCUT2D eigenvalue weighted by Crippen LogP contribution is 2.53. The van der Waals surface area contributed by atoms with E-state index >= 15 is 0 Å². The van der Waals surface area contributed by atoms with Crippen LogP contribution in [0.5, 0.6) is 11.5 Å². The second-order valence-electron chi connectivity index (χ2n) is 30.4. The molecular weight excluding hydrogens is 1260 g/mol. The van der Waals surface area contributed by atoms with Crippen LogP contribution in [-0.2, 0) is 85.1 Å². The van der Waals surface area contributed by atoms with Crippen molar-refractivity contribution in [2.24, 2.45) is 59.2 Å². The average molecular weight is 1380 g/mol. The quantitative estimate of drug-likeness (QED) is 0.0230. The van der Waals surface area contributed by atoms with E-state index in [1.165, 1.54) is 59.1 Å². The van der Waals surface area contributed by atoms with Gasteiger partial charge in [-0.2, -0.15) is 0 Å². The molecule has 2 unspecified atom stereocenters. The van der Waals surface area contributed by atoms with Gasteiger partial charge in [0.2, 0.25) is 0 Å². The summed E-state index contributed by atoms with van der Waals surface area (Å²) in [5.74, 6) is 5.81. The third-order valence-corrected chi connectivity index (χ3v) is 21.8. The first-order chi connectivity index (χ1) is 47.8. The fourth-order valence-corrected chi connectivity index (χ4v) is 16.3. The van der Waals surface area contributed by atoms with E-state index in [9.17, 15) is 24.3 Å². The predicted molar refractivity (Wildman–Crippen MR) is 410 cm³/mol. The predicted octanol–water partition coefficient (Wildman–Crippen LogP) is 20.9. The molecule has 11 nitrogen and oxygen atoms in total. The fraction of sp³-hybridized carbons (Fsp3) is 0.556. The minimum absolute atomic E-state index is 0. The van der Waals surface area contributed by atoms with E-state index < -0.39 is 11.9 Å². The van der Waals surface area contributed by atoms with Crippen molar-refractivity contribution in [3.05, 3.63) is 201 Å². The second-order valence-corrected chi connectivity index (χ2v) is 30.4. The van der Waals surface area contributed by atoms with Crippen molar-refractivity contribution >= 4 is 23.9 Å². The van der Waals surface area contributed by atoms with Gasteiger partial charge in [0, 0.05) is 0 Å². The Morgan fingerprint density at radius 1 is 0.475 bits per heavy atom. The lowest BCUT2D eigenvalue weighted by Crippen LogP contribution is -2.28. The van der Waals surface area contributed by atoms with Gasteiger partial charge in [0.15, 0.2) is 13.2 Å². The van der Waals surface area contributed by atoms with Crippen molar-refractivity contribution in [2.45, 2.75) is 250 Å². The van der Waals surface area contributed by atoms with E-state index in [1.54, 1.807) is 6.92 Å². The number of carboxylic acid groups (broad SMARTS) is 1. The lowest BCUT2D eigenvalue weighted by atomic mass is 9.73. The highest BCUT2D eigenvalue weighted by molar-refractivity contribution is 5.78. The number of esters is 3. The minimum atomic E-state index is -0.772. The number of carbonyl (C=O) groups is 4. The molecular formula is C90H126O11. The van der Waals surface area contributed by atoms with Gasteiger partial charge in [-0.15, -0.1) is 0 Å². The summed E-state index contributed by atoms with van der Waals surface area (Å²) in [5, 5.41) is 19.3. The highest BCUT2D eigenvalue weighted by Gasteiger charge is 2.45. The van der Waals surface area contributed by atoms with Gasteiger partial charge in [0.1, 0.15) is 30.8 Å². The van der Waals surface area contributed by atoms with E-state index in [4.69, 9.17) is 28.8 Å². The monoisotopic (exact) mass is 1380 g/mol. The molecule has 0 heterocycles. The smallest absolute Gasteiger partial charge is 0.344 e. The number of carboxylic acids is 1. The second kappa shape index (κ2) is 42.4. The van der Waals surface area contributed by atoms with Crippen LogP contribution < -0.4 is 9.47 Å². The van der Waals surface area contributed by atoms with Gasteiger partial charge in [0.05, 0.1) is 17.9 Å². The largest absolute Gasteiger partial charge is 0.482 e. The van der Waals surface area contributed by atoms with Crippen LogP contribution in [0.1, 0.15) is 241 Å². The van der Waals surface area contributed by atoms with Crippen molar-refractivity contribution < 1.29 is 53.1 Å². The molecule has 552 valence electrons. The Kier molecular flexibility index (Phi) is 34.7. The third-order valence-electron chi connectivity index (χ3n) is 21.8. The summed E-state index contributed by atoms with van der Waals surface area (Å²) < 4.78 is 29.2. The maximum absolute atomic E-state index is 13.4.